The number of rotatable bonds is 12. The second-order valence-electron chi connectivity index (χ2n) is 7.22. The van der Waals surface area contributed by atoms with Gasteiger partial charge in [-0.25, -0.2) is 4.98 Å². The van der Waals surface area contributed by atoms with Crippen molar-refractivity contribution in [1.29, 1.82) is 0 Å². The van der Waals surface area contributed by atoms with Crippen LogP contribution in [0.1, 0.15) is 69.5 Å². The molecule has 0 aliphatic rings. The van der Waals surface area contributed by atoms with Gasteiger partial charge in [0.1, 0.15) is 5.82 Å². The number of carbonyl (C=O) groups is 1. The van der Waals surface area contributed by atoms with Crippen molar-refractivity contribution in [3.63, 3.8) is 0 Å². The summed E-state index contributed by atoms with van der Waals surface area (Å²) in [5, 5.41) is 0. The van der Waals surface area contributed by atoms with Gasteiger partial charge < -0.3 is 9.72 Å². The molecule has 28 heavy (non-hydrogen) atoms. The van der Waals surface area contributed by atoms with E-state index in [-0.39, 0.29) is 17.9 Å². The molecule has 0 spiro atoms. The Kier molecular flexibility index (Phi) is 9.46. The molecule has 2 rings (SSSR count). The van der Waals surface area contributed by atoms with E-state index < -0.39 is 0 Å². The highest BCUT2D eigenvalue weighted by Crippen LogP contribution is 2.14. The van der Waals surface area contributed by atoms with Crippen molar-refractivity contribution in [3.8, 4) is 11.4 Å². The molecule has 0 bridgehead atoms. The molecular weight excluding hydrogens is 352 g/mol. The average molecular weight is 385 g/mol. The molecular formula is C23H32N2O3. The number of aromatic amines is 1. The van der Waals surface area contributed by atoms with Gasteiger partial charge >= 0.3 is 5.97 Å². The number of carbonyl (C=O) groups excluding carboxylic acids is 1. The number of unbranched alkanes of at least 4 members (excludes halogenated alkanes) is 7. The van der Waals surface area contributed by atoms with Crippen LogP contribution in [0, 0.1) is 6.92 Å². The first-order valence-electron chi connectivity index (χ1n) is 10.4. The molecule has 1 heterocycles. The van der Waals surface area contributed by atoms with Gasteiger partial charge in [0.05, 0.1) is 13.0 Å². The minimum absolute atomic E-state index is 0.0414. The molecule has 0 amide bonds. The number of ether oxygens (including phenoxy) is 1. The summed E-state index contributed by atoms with van der Waals surface area (Å²) < 4.78 is 5.30. The van der Waals surface area contributed by atoms with Crippen LogP contribution in [0.5, 0.6) is 0 Å². The van der Waals surface area contributed by atoms with Gasteiger partial charge in [0, 0.05) is 16.8 Å². The molecule has 0 saturated heterocycles. The first-order valence-corrected chi connectivity index (χ1v) is 10.4. The summed E-state index contributed by atoms with van der Waals surface area (Å²) in [5.74, 6) is 0.143. The van der Waals surface area contributed by atoms with Crippen LogP contribution in [0.3, 0.4) is 0 Å². The predicted octanol–water partition coefficient (Wildman–Crippen LogP) is 4.97. The van der Waals surface area contributed by atoms with Crippen LogP contribution < -0.4 is 5.56 Å². The molecule has 0 fully saturated rings. The Balaban J connectivity index is 1.76. The van der Waals surface area contributed by atoms with Crippen molar-refractivity contribution in [3.05, 3.63) is 51.9 Å². The molecule has 1 N–H and O–H groups in total. The lowest BCUT2D eigenvalue weighted by Gasteiger charge is -2.08. The molecule has 0 aliphatic carbocycles. The fraction of sp³-hybridized carbons (Fsp3) is 0.522. The van der Waals surface area contributed by atoms with Gasteiger partial charge in [0.2, 0.25) is 0 Å². The lowest BCUT2D eigenvalue weighted by atomic mass is 10.1. The SMILES string of the molecule is CCCCCCCCCCOC(=O)Cc1c(C)nc(-c2ccccc2)[nH]c1=O. The van der Waals surface area contributed by atoms with Crippen LogP contribution in [0.15, 0.2) is 35.1 Å². The Bertz CT molecular complexity index is 784. The van der Waals surface area contributed by atoms with Crippen LogP contribution >= 0.6 is 0 Å². The Morgan fingerprint density at radius 2 is 1.64 bits per heavy atom. The summed E-state index contributed by atoms with van der Waals surface area (Å²) >= 11 is 0. The maximum Gasteiger partial charge on any atom is 0.310 e. The number of hydrogen-bond acceptors (Lipinski definition) is 4. The molecule has 2 aromatic rings. The third-order valence-electron chi connectivity index (χ3n) is 4.85. The molecule has 0 unspecified atom stereocenters. The number of aromatic nitrogens is 2. The molecule has 1 aromatic carbocycles. The zero-order valence-electron chi connectivity index (χ0n) is 17.1. The number of benzene rings is 1. The number of nitrogens with one attached hydrogen (secondary N) is 1. The van der Waals surface area contributed by atoms with Crippen molar-refractivity contribution in [2.75, 3.05) is 6.61 Å². The quantitative estimate of drug-likeness (QED) is 0.414. The standard InChI is InChI=1S/C23H32N2O3/c1-3-4-5-6-7-8-9-13-16-28-21(26)17-20-18(2)24-22(25-23(20)27)19-14-11-10-12-15-19/h10-12,14-15H,3-9,13,16-17H2,1-2H3,(H,24,25,27). The van der Waals surface area contributed by atoms with E-state index in [0.717, 1.165) is 18.4 Å². The second-order valence-corrected chi connectivity index (χ2v) is 7.22. The van der Waals surface area contributed by atoms with Gasteiger partial charge in [0.15, 0.2) is 0 Å². The number of aryl methyl sites for hydroxylation is 1. The van der Waals surface area contributed by atoms with Gasteiger partial charge in [0.25, 0.3) is 5.56 Å². The molecule has 152 valence electrons. The fourth-order valence-electron chi connectivity index (χ4n) is 3.17. The Labute approximate surface area is 167 Å². The molecule has 1 aromatic heterocycles. The molecule has 0 saturated carbocycles. The summed E-state index contributed by atoms with van der Waals surface area (Å²) in [6.07, 6.45) is 9.54. The van der Waals surface area contributed by atoms with Crippen molar-refractivity contribution in [1.82, 2.24) is 9.97 Å². The van der Waals surface area contributed by atoms with E-state index in [0.29, 0.717) is 23.7 Å². The van der Waals surface area contributed by atoms with Crippen LogP contribution in [-0.2, 0) is 16.0 Å². The topological polar surface area (TPSA) is 72.0 Å². The highest BCUT2D eigenvalue weighted by molar-refractivity contribution is 5.72. The fourth-order valence-corrected chi connectivity index (χ4v) is 3.17. The van der Waals surface area contributed by atoms with Crippen molar-refractivity contribution in [2.24, 2.45) is 0 Å². The minimum Gasteiger partial charge on any atom is -0.465 e. The molecule has 0 aliphatic heterocycles. The number of H-pyrrole nitrogens is 1. The average Bonchev–Trinajstić information content (AvgIpc) is 2.70. The Morgan fingerprint density at radius 3 is 2.29 bits per heavy atom. The van der Waals surface area contributed by atoms with Crippen molar-refractivity contribution < 1.29 is 9.53 Å². The predicted molar refractivity (Wildman–Crippen MR) is 112 cm³/mol. The first-order chi connectivity index (χ1) is 13.6. The lowest BCUT2D eigenvalue weighted by molar-refractivity contribution is -0.143. The monoisotopic (exact) mass is 384 g/mol. The summed E-state index contributed by atoms with van der Waals surface area (Å²) in [4.78, 5) is 31.7. The van der Waals surface area contributed by atoms with Gasteiger partial charge in [-0.1, -0.05) is 82.2 Å². The zero-order chi connectivity index (χ0) is 20.2. The molecule has 0 radical (unpaired) electrons. The second kappa shape index (κ2) is 12.1. The smallest absolute Gasteiger partial charge is 0.310 e. The van der Waals surface area contributed by atoms with Gasteiger partial charge in [-0.05, 0) is 13.3 Å². The van der Waals surface area contributed by atoms with Crippen LogP contribution in [0.2, 0.25) is 0 Å². The summed E-state index contributed by atoms with van der Waals surface area (Å²) in [7, 11) is 0. The third kappa shape index (κ3) is 7.29. The summed E-state index contributed by atoms with van der Waals surface area (Å²) in [6.45, 7) is 4.39. The van der Waals surface area contributed by atoms with E-state index in [1.54, 1.807) is 6.92 Å². The summed E-state index contributed by atoms with van der Waals surface area (Å²) in [5.41, 5.74) is 1.49. The van der Waals surface area contributed by atoms with Crippen molar-refractivity contribution in [2.45, 2.75) is 71.6 Å². The first kappa shape index (κ1) is 21.9. The van der Waals surface area contributed by atoms with Crippen LogP contribution in [0.25, 0.3) is 11.4 Å². The van der Waals surface area contributed by atoms with Crippen LogP contribution in [-0.4, -0.2) is 22.5 Å². The van der Waals surface area contributed by atoms with Crippen LogP contribution in [0.4, 0.5) is 0 Å². The maximum atomic E-state index is 12.4. The van der Waals surface area contributed by atoms with E-state index in [1.165, 1.54) is 38.5 Å². The Morgan fingerprint density at radius 1 is 1.00 bits per heavy atom. The lowest BCUT2D eigenvalue weighted by Crippen LogP contribution is -2.21. The number of esters is 1. The number of hydrogen-bond donors (Lipinski definition) is 1. The van der Waals surface area contributed by atoms with Gasteiger partial charge in [-0.2, -0.15) is 0 Å². The molecule has 5 heteroatoms. The highest BCUT2D eigenvalue weighted by Gasteiger charge is 2.14. The zero-order valence-corrected chi connectivity index (χ0v) is 17.1. The van der Waals surface area contributed by atoms with E-state index in [2.05, 4.69) is 16.9 Å². The van der Waals surface area contributed by atoms with E-state index in [4.69, 9.17) is 4.74 Å². The van der Waals surface area contributed by atoms with E-state index in [9.17, 15) is 9.59 Å². The maximum absolute atomic E-state index is 12.4. The molecule has 0 atom stereocenters. The minimum atomic E-state index is -0.370. The third-order valence-corrected chi connectivity index (χ3v) is 4.85. The number of nitrogens with zero attached hydrogens (tertiary/aromatic N) is 1. The van der Waals surface area contributed by atoms with Crippen molar-refractivity contribution >= 4 is 5.97 Å². The Hall–Kier alpha value is -2.43. The highest BCUT2D eigenvalue weighted by atomic mass is 16.5. The van der Waals surface area contributed by atoms with Gasteiger partial charge in [-0.15, -0.1) is 0 Å². The van der Waals surface area contributed by atoms with E-state index >= 15 is 0 Å². The molecule has 5 nitrogen and oxygen atoms in total. The van der Waals surface area contributed by atoms with Gasteiger partial charge in [-0.3, -0.25) is 9.59 Å². The summed E-state index contributed by atoms with van der Waals surface area (Å²) in [6, 6.07) is 9.46. The van der Waals surface area contributed by atoms with E-state index in [1.807, 2.05) is 30.3 Å². The normalized spacial score (nSPS) is 10.8. The largest absolute Gasteiger partial charge is 0.465 e.